The van der Waals surface area contributed by atoms with Crippen molar-refractivity contribution in [3.63, 3.8) is 0 Å². The van der Waals surface area contributed by atoms with Crippen LogP contribution >= 0.6 is 0 Å². The van der Waals surface area contributed by atoms with E-state index in [2.05, 4.69) is 24.3 Å². The Morgan fingerprint density at radius 2 is 1.69 bits per heavy atom. The monoisotopic (exact) mass is 195 g/mol. The fourth-order valence-electron chi connectivity index (χ4n) is 1.24. The third kappa shape index (κ3) is 4.79. The van der Waals surface area contributed by atoms with Crippen molar-refractivity contribution in [2.24, 2.45) is 17.2 Å². The lowest BCUT2D eigenvalue weighted by atomic mass is 10.3. The largest absolute Gasteiger partial charge is 0.301 e. The molecule has 0 heterocycles. The smallest absolute Gasteiger partial charge is 0.115 e. The van der Waals surface area contributed by atoms with Crippen LogP contribution < -0.4 is 22.4 Å². The van der Waals surface area contributed by atoms with Crippen molar-refractivity contribution in [2.75, 3.05) is 0 Å². The first-order valence-electron chi connectivity index (χ1n) is 4.48. The van der Waals surface area contributed by atoms with Crippen LogP contribution in [0.5, 0.6) is 0 Å². The Morgan fingerprint density at radius 3 is 2.23 bits per heavy atom. The van der Waals surface area contributed by atoms with E-state index in [-0.39, 0.29) is 9.52 Å². The van der Waals surface area contributed by atoms with Gasteiger partial charge in [0.2, 0.25) is 0 Å². The van der Waals surface area contributed by atoms with Crippen LogP contribution in [0, 0.1) is 0 Å². The maximum atomic E-state index is 5.48. The second kappa shape index (κ2) is 4.52. The lowest BCUT2D eigenvalue weighted by molar-refractivity contribution is 0.446. The van der Waals surface area contributed by atoms with Crippen LogP contribution in [0.1, 0.15) is 6.42 Å². The molecule has 0 aliphatic carbocycles. The van der Waals surface area contributed by atoms with Crippen molar-refractivity contribution in [3.8, 4) is 0 Å². The van der Waals surface area contributed by atoms with E-state index in [1.807, 2.05) is 6.07 Å². The zero-order valence-electron chi connectivity index (χ0n) is 7.74. The summed E-state index contributed by atoms with van der Waals surface area (Å²) in [5.41, 5.74) is 16.4. The summed E-state index contributed by atoms with van der Waals surface area (Å²) in [5, 5.41) is 1.44. The van der Waals surface area contributed by atoms with E-state index in [0.717, 1.165) is 6.04 Å². The van der Waals surface area contributed by atoms with Crippen molar-refractivity contribution < 1.29 is 0 Å². The van der Waals surface area contributed by atoms with Gasteiger partial charge in [0.15, 0.2) is 0 Å². The van der Waals surface area contributed by atoms with E-state index < -0.39 is 5.79 Å². The zero-order chi connectivity index (χ0) is 9.73. The van der Waals surface area contributed by atoms with E-state index in [9.17, 15) is 0 Å². The van der Waals surface area contributed by atoms with Crippen molar-refractivity contribution in [1.82, 2.24) is 0 Å². The lowest BCUT2D eigenvalue weighted by Gasteiger charge is -2.17. The molecule has 0 aliphatic rings. The minimum Gasteiger partial charge on any atom is -0.301 e. The van der Waals surface area contributed by atoms with Gasteiger partial charge in [0, 0.05) is 0 Å². The number of rotatable bonds is 4. The van der Waals surface area contributed by atoms with Crippen LogP contribution in [0.4, 0.5) is 0 Å². The summed E-state index contributed by atoms with van der Waals surface area (Å²) >= 11 is 0. The maximum Gasteiger partial charge on any atom is 0.115 e. The Morgan fingerprint density at radius 1 is 1.08 bits per heavy atom. The maximum absolute atomic E-state index is 5.48. The summed E-state index contributed by atoms with van der Waals surface area (Å²) in [4.78, 5) is 0. The van der Waals surface area contributed by atoms with Gasteiger partial charge in [0.05, 0.1) is 9.52 Å². The Labute approximate surface area is 81.1 Å². The van der Waals surface area contributed by atoms with Crippen molar-refractivity contribution in [1.29, 1.82) is 0 Å². The van der Waals surface area contributed by atoms with Gasteiger partial charge in [0.25, 0.3) is 0 Å². The Hall–Kier alpha value is -0.683. The summed E-state index contributed by atoms with van der Waals surface area (Å²) in [7, 11) is -0.231. The second-order valence-electron chi connectivity index (χ2n) is 3.45. The SMILES string of the molecule is NC(N)(N)CC[SiH2]c1ccccc1. The highest BCUT2D eigenvalue weighted by Crippen LogP contribution is 1.95. The first-order valence-corrected chi connectivity index (χ1v) is 6.19. The quantitative estimate of drug-likeness (QED) is 0.418. The van der Waals surface area contributed by atoms with Gasteiger partial charge in [-0.05, 0) is 6.42 Å². The molecule has 0 aliphatic heterocycles. The van der Waals surface area contributed by atoms with Crippen molar-refractivity contribution in [2.45, 2.75) is 18.3 Å². The molecule has 3 nitrogen and oxygen atoms in total. The highest BCUT2D eigenvalue weighted by atomic mass is 28.2. The first kappa shape index (κ1) is 10.4. The third-order valence-electron chi connectivity index (χ3n) is 1.92. The lowest BCUT2D eigenvalue weighted by Crippen LogP contribution is -2.57. The van der Waals surface area contributed by atoms with E-state index in [1.54, 1.807) is 0 Å². The molecule has 1 aromatic rings. The van der Waals surface area contributed by atoms with Gasteiger partial charge in [-0.3, -0.25) is 0 Å². The predicted molar refractivity (Wildman–Crippen MR) is 59.3 cm³/mol. The van der Waals surface area contributed by atoms with E-state index >= 15 is 0 Å². The van der Waals surface area contributed by atoms with Crippen molar-refractivity contribution >= 4 is 14.7 Å². The van der Waals surface area contributed by atoms with E-state index in [1.165, 1.54) is 5.19 Å². The Balaban J connectivity index is 2.29. The Kier molecular flexibility index (Phi) is 3.62. The molecule has 0 atom stereocenters. The number of nitrogens with two attached hydrogens (primary N) is 3. The number of benzene rings is 1. The summed E-state index contributed by atoms with van der Waals surface area (Å²) in [5.74, 6) is -0.984. The molecule has 1 rings (SSSR count). The van der Waals surface area contributed by atoms with E-state index in [4.69, 9.17) is 17.2 Å². The molecule has 0 aromatic heterocycles. The van der Waals surface area contributed by atoms with Crippen LogP contribution in [0.2, 0.25) is 6.04 Å². The molecule has 0 saturated carbocycles. The fourth-order valence-corrected chi connectivity index (χ4v) is 3.05. The molecular weight excluding hydrogens is 178 g/mol. The van der Waals surface area contributed by atoms with Gasteiger partial charge in [-0.1, -0.05) is 41.6 Å². The molecule has 0 saturated heterocycles. The summed E-state index contributed by atoms with van der Waals surface area (Å²) in [6.07, 6.45) is 0.702. The molecule has 0 bridgehead atoms. The van der Waals surface area contributed by atoms with Gasteiger partial charge < -0.3 is 17.2 Å². The van der Waals surface area contributed by atoms with E-state index in [0.29, 0.717) is 6.42 Å². The van der Waals surface area contributed by atoms with Crippen LogP contribution in [0.15, 0.2) is 30.3 Å². The highest BCUT2D eigenvalue weighted by molar-refractivity contribution is 6.53. The standard InChI is InChI=1S/C9H17N3Si/c10-9(11,12)6-7-13-8-4-2-1-3-5-8/h1-5H,6-7,10-13H2. The molecule has 0 unspecified atom stereocenters. The summed E-state index contributed by atoms with van der Waals surface area (Å²) < 4.78 is 0. The molecule has 13 heavy (non-hydrogen) atoms. The first-order chi connectivity index (χ1) is 6.08. The van der Waals surface area contributed by atoms with Crippen molar-refractivity contribution in [3.05, 3.63) is 30.3 Å². The van der Waals surface area contributed by atoms with Gasteiger partial charge in [0.1, 0.15) is 5.79 Å². The minimum atomic E-state index is -0.984. The van der Waals surface area contributed by atoms with Gasteiger partial charge in [-0.2, -0.15) is 0 Å². The molecule has 6 N–H and O–H groups in total. The normalized spacial score (nSPS) is 12.5. The highest BCUT2D eigenvalue weighted by Gasteiger charge is 2.10. The average molecular weight is 195 g/mol. The second-order valence-corrected chi connectivity index (χ2v) is 5.48. The molecule has 0 radical (unpaired) electrons. The Bertz CT molecular complexity index is 243. The molecule has 4 heteroatoms. The number of hydrogen-bond donors (Lipinski definition) is 3. The molecular formula is C9H17N3Si. The topological polar surface area (TPSA) is 78.1 Å². The molecule has 0 spiro atoms. The minimum absolute atomic E-state index is 0.231. The predicted octanol–water partition coefficient (Wildman–Crippen LogP) is -1.18. The molecule has 72 valence electrons. The van der Waals surface area contributed by atoms with Crippen LogP contribution in [0.3, 0.4) is 0 Å². The zero-order valence-corrected chi connectivity index (χ0v) is 9.15. The molecule has 0 fully saturated rings. The van der Waals surface area contributed by atoms with Gasteiger partial charge >= 0.3 is 0 Å². The average Bonchev–Trinajstić information content (AvgIpc) is 2.04. The molecule has 0 amide bonds. The summed E-state index contributed by atoms with van der Waals surface area (Å²) in [6.45, 7) is 0. The van der Waals surface area contributed by atoms with Crippen LogP contribution in [-0.2, 0) is 0 Å². The van der Waals surface area contributed by atoms with Gasteiger partial charge in [-0.25, -0.2) is 0 Å². The van der Waals surface area contributed by atoms with Crippen LogP contribution in [0.25, 0.3) is 0 Å². The number of hydrogen-bond acceptors (Lipinski definition) is 3. The van der Waals surface area contributed by atoms with Gasteiger partial charge in [-0.15, -0.1) is 0 Å². The fraction of sp³-hybridized carbons (Fsp3) is 0.333. The van der Waals surface area contributed by atoms with Crippen LogP contribution in [-0.4, -0.2) is 15.3 Å². The third-order valence-corrected chi connectivity index (χ3v) is 3.67. The summed E-state index contributed by atoms with van der Waals surface area (Å²) in [6, 6.07) is 11.5. The molecule has 1 aromatic carbocycles.